The quantitative estimate of drug-likeness (QED) is 0.738. The molecule has 1 aliphatic heterocycles. The highest BCUT2D eigenvalue weighted by Crippen LogP contribution is 2.26. The van der Waals surface area contributed by atoms with E-state index in [1.54, 1.807) is 12.4 Å². The van der Waals surface area contributed by atoms with Crippen molar-refractivity contribution < 1.29 is 4.74 Å². The third kappa shape index (κ3) is 3.02. The molecule has 1 aliphatic rings. The monoisotopic (exact) mass is 328 g/mol. The Hall–Kier alpha value is -2.11. The Labute approximate surface area is 139 Å². The minimum atomic E-state index is 0.177. The first kappa shape index (κ1) is 14.5. The molecular formula is C17H17ClN4O. The minimum absolute atomic E-state index is 0.177. The summed E-state index contributed by atoms with van der Waals surface area (Å²) in [5.74, 6) is 0.766. The summed E-state index contributed by atoms with van der Waals surface area (Å²) in [5, 5.41) is 0.667. The number of aromatic nitrogens is 3. The van der Waals surface area contributed by atoms with E-state index >= 15 is 0 Å². The number of fused-ring (bicyclic) bond motifs is 1. The van der Waals surface area contributed by atoms with E-state index in [0.29, 0.717) is 5.02 Å². The van der Waals surface area contributed by atoms with Crippen LogP contribution in [-0.4, -0.2) is 38.5 Å². The van der Waals surface area contributed by atoms with Crippen molar-refractivity contribution >= 4 is 17.2 Å². The van der Waals surface area contributed by atoms with Gasteiger partial charge in [-0.25, -0.2) is 4.98 Å². The maximum absolute atomic E-state index is 6.16. The minimum Gasteiger partial charge on any atom is -0.487 e. The number of halogens is 1. The molecule has 6 heteroatoms. The van der Waals surface area contributed by atoms with E-state index in [2.05, 4.69) is 19.3 Å². The van der Waals surface area contributed by atoms with E-state index in [1.807, 2.05) is 36.7 Å². The first-order valence-electron chi connectivity index (χ1n) is 7.69. The second-order valence-corrected chi connectivity index (χ2v) is 6.16. The molecule has 0 bridgehead atoms. The van der Waals surface area contributed by atoms with E-state index in [4.69, 9.17) is 16.3 Å². The lowest BCUT2D eigenvalue weighted by molar-refractivity contribution is 0.198. The predicted octanol–water partition coefficient (Wildman–Crippen LogP) is 3.04. The summed E-state index contributed by atoms with van der Waals surface area (Å²) in [6.45, 7) is 2.75. The van der Waals surface area contributed by atoms with Gasteiger partial charge in [0.15, 0.2) is 5.65 Å². The molecule has 3 aromatic rings. The van der Waals surface area contributed by atoms with E-state index in [0.717, 1.165) is 37.5 Å². The number of imidazole rings is 1. The van der Waals surface area contributed by atoms with Crippen molar-refractivity contribution in [1.82, 2.24) is 19.3 Å². The Morgan fingerprint density at radius 1 is 1.26 bits per heavy atom. The van der Waals surface area contributed by atoms with Crippen molar-refractivity contribution in [3.8, 4) is 5.75 Å². The lowest BCUT2D eigenvalue weighted by Gasteiger charge is -2.17. The molecule has 0 radical (unpaired) electrons. The molecule has 3 heterocycles. The number of ether oxygens (including phenoxy) is 1. The van der Waals surface area contributed by atoms with E-state index in [-0.39, 0.29) is 6.10 Å². The number of hydrogen-bond acceptors (Lipinski definition) is 4. The molecule has 0 N–H and O–H groups in total. The average molecular weight is 329 g/mol. The Morgan fingerprint density at radius 3 is 3.09 bits per heavy atom. The zero-order valence-corrected chi connectivity index (χ0v) is 13.4. The molecule has 5 nitrogen and oxygen atoms in total. The fourth-order valence-corrected chi connectivity index (χ4v) is 3.18. The van der Waals surface area contributed by atoms with Gasteiger partial charge in [0.2, 0.25) is 0 Å². The summed E-state index contributed by atoms with van der Waals surface area (Å²) >= 11 is 6.16. The van der Waals surface area contributed by atoms with Crippen LogP contribution in [0.3, 0.4) is 0 Å². The van der Waals surface area contributed by atoms with Gasteiger partial charge in [0.05, 0.1) is 23.1 Å². The molecule has 0 spiro atoms. The summed E-state index contributed by atoms with van der Waals surface area (Å²) in [6, 6.07) is 7.63. The zero-order chi connectivity index (χ0) is 15.6. The SMILES string of the molecule is Clc1ccccc1OC1CCN(Cc2cnc3cnccn23)C1. The Morgan fingerprint density at radius 2 is 2.17 bits per heavy atom. The van der Waals surface area contributed by atoms with Crippen molar-refractivity contribution in [2.24, 2.45) is 0 Å². The number of rotatable bonds is 4. The van der Waals surface area contributed by atoms with Crippen LogP contribution < -0.4 is 4.74 Å². The molecule has 1 saturated heterocycles. The van der Waals surface area contributed by atoms with Gasteiger partial charge in [-0.05, 0) is 18.6 Å². The highest BCUT2D eigenvalue weighted by Gasteiger charge is 2.25. The third-order valence-corrected chi connectivity index (χ3v) is 4.45. The van der Waals surface area contributed by atoms with Gasteiger partial charge >= 0.3 is 0 Å². The van der Waals surface area contributed by atoms with Crippen LogP contribution >= 0.6 is 11.6 Å². The van der Waals surface area contributed by atoms with Gasteiger partial charge in [-0.15, -0.1) is 0 Å². The van der Waals surface area contributed by atoms with E-state index in [9.17, 15) is 0 Å². The molecular weight excluding hydrogens is 312 g/mol. The number of hydrogen-bond donors (Lipinski definition) is 0. The maximum atomic E-state index is 6.16. The molecule has 1 aromatic carbocycles. The summed E-state index contributed by atoms with van der Waals surface area (Å²) in [4.78, 5) is 10.9. The molecule has 0 aliphatic carbocycles. The third-order valence-electron chi connectivity index (χ3n) is 4.14. The molecule has 1 fully saturated rings. The molecule has 23 heavy (non-hydrogen) atoms. The van der Waals surface area contributed by atoms with Crippen molar-refractivity contribution in [1.29, 1.82) is 0 Å². The number of likely N-dealkylation sites (tertiary alicyclic amines) is 1. The van der Waals surface area contributed by atoms with Crippen molar-refractivity contribution in [2.75, 3.05) is 13.1 Å². The highest BCUT2D eigenvalue weighted by atomic mass is 35.5. The topological polar surface area (TPSA) is 42.7 Å². The van der Waals surface area contributed by atoms with Crippen LogP contribution in [0.1, 0.15) is 12.1 Å². The van der Waals surface area contributed by atoms with Crippen molar-refractivity contribution in [3.63, 3.8) is 0 Å². The van der Waals surface area contributed by atoms with Gasteiger partial charge in [0.25, 0.3) is 0 Å². The molecule has 1 unspecified atom stereocenters. The Bertz CT molecular complexity index is 819. The van der Waals surface area contributed by atoms with Crippen LogP contribution in [-0.2, 0) is 6.54 Å². The number of benzene rings is 1. The van der Waals surface area contributed by atoms with Gasteiger partial charge in [0.1, 0.15) is 11.9 Å². The largest absolute Gasteiger partial charge is 0.487 e. The van der Waals surface area contributed by atoms with Gasteiger partial charge in [-0.1, -0.05) is 23.7 Å². The second kappa shape index (κ2) is 6.18. The first-order valence-corrected chi connectivity index (χ1v) is 8.07. The molecule has 4 rings (SSSR count). The lowest BCUT2D eigenvalue weighted by Crippen LogP contribution is -2.25. The smallest absolute Gasteiger partial charge is 0.155 e. The Kier molecular flexibility index (Phi) is 3.89. The number of para-hydroxylation sites is 1. The molecule has 2 aromatic heterocycles. The highest BCUT2D eigenvalue weighted by molar-refractivity contribution is 6.32. The fraction of sp³-hybridized carbons (Fsp3) is 0.294. The number of nitrogens with zero attached hydrogens (tertiary/aromatic N) is 4. The maximum Gasteiger partial charge on any atom is 0.155 e. The summed E-state index contributed by atoms with van der Waals surface area (Å²) in [7, 11) is 0. The molecule has 118 valence electrons. The summed E-state index contributed by atoms with van der Waals surface area (Å²) in [5.41, 5.74) is 2.05. The lowest BCUT2D eigenvalue weighted by atomic mass is 10.3. The van der Waals surface area contributed by atoms with Gasteiger partial charge in [-0.2, -0.15) is 0 Å². The molecule has 0 saturated carbocycles. The Balaban J connectivity index is 1.42. The normalized spacial score (nSPS) is 18.6. The summed E-state index contributed by atoms with van der Waals surface area (Å²) < 4.78 is 8.12. The second-order valence-electron chi connectivity index (χ2n) is 5.75. The summed E-state index contributed by atoms with van der Waals surface area (Å²) in [6.07, 6.45) is 8.60. The van der Waals surface area contributed by atoms with Crippen molar-refractivity contribution in [2.45, 2.75) is 19.1 Å². The van der Waals surface area contributed by atoms with Crippen LogP contribution in [0.5, 0.6) is 5.75 Å². The average Bonchev–Trinajstić information content (AvgIpc) is 3.18. The van der Waals surface area contributed by atoms with Crippen LogP contribution in [0.25, 0.3) is 5.65 Å². The van der Waals surface area contributed by atoms with Crippen LogP contribution in [0, 0.1) is 0 Å². The van der Waals surface area contributed by atoms with Gasteiger partial charge < -0.3 is 4.74 Å². The molecule has 1 atom stereocenters. The first-order chi connectivity index (χ1) is 11.3. The fourth-order valence-electron chi connectivity index (χ4n) is 3.00. The standard InChI is InChI=1S/C17H17ClN4O/c18-15-3-1-2-4-16(15)23-14-5-7-21(12-14)11-13-9-20-17-10-19-6-8-22(13)17/h1-4,6,8-10,14H,5,7,11-12H2. The molecule has 0 amide bonds. The zero-order valence-electron chi connectivity index (χ0n) is 12.6. The predicted molar refractivity (Wildman–Crippen MR) is 88.7 cm³/mol. The van der Waals surface area contributed by atoms with Gasteiger partial charge in [0, 0.05) is 32.0 Å². The van der Waals surface area contributed by atoms with Crippen LogP contribution in [0.4, 0.5) is 0 Å². The van der Waals surface area contributed by atoms with E-state index < -0.39 is 0 Å². The van der Waals surface area contributed by atoms with Gasteiger partial charge in [-0.3, -0.25) is 14.3 Å². The van der Waals surface area contributed by atoms with Crippen LogP contribution in [0.2, 0.25) is 5.02 Å². The van der Waals surface area contributed by atoms with E-state index in [1.165, 1.54) is 5.69 Å². The van der Waals surface area contributed by atoms with Crippen LogP contribution in [0.15, 0.2) is 49.1 Å². The van der Waals surface area contributed by atoms with Crippen molar-refractivity contribution in [3.05, 3.63) is 59.8 Å².